The van der Waals surface area contributed by atoms with Crippen LogP contribution in [0.25, 0.3) is 0 Å². The van der Waals surface area contributed by atoms with Crippen LogP contribution in [0.15, 0.2) is 30.3 Å². The van der Waals surface area contributed by atoms with Crippen LogP contribution in [0.5, 0.6) is 0 Å². The van der Waals surface area contributed by atoms with Crippen LogP contribution in [-0.4, -0.2) is 11.4 Å². The fourth-order valence-corrected chi connectivity index (χ4v) is 0.902. The smallest absolute Gasteiger partial charge is 0.122 e. The number of rotatable bonds is 3. The first kappa shape index (κ1) is 7.95. The molecule has 0 unspecified atom stereocenters. The lowest BCUT2D eigenvalue weighted by molar-refractivity contribution is -0.109. The lowest BCUT2D eigenvalue weighted by Crippen LogP contribution is -1.96. The third-order valence-corrected chi connectivity index (χ3v) is 1.50. The van der Waals surface area contributed by atoms with Gasteiger partial charge in [-0.15, -0.1) is 0 Å². The van der Waals surface area contributed by atoms with Crippen LogP contribution in [0.1, 0.15) is 18.1 Å². The van der Waals surface area contributed by atoms with Crippen LogP contribution in [-0.2, 0) is 4.79 Å². The van der Waals surface area contributed by atoms with Crippen LogP contribution in [0.3, 0.4) is 0 Å². The minimum absolute atomic E-state index is 0.171. The highest BCUT2D eigenvalue weighted by atomic mass is 16.3. The molecule has 0 heterocycles. The molecule has 0 saturated carbocycles. The summed E-state index contributed by atoms with van der Waals surface area (Å²) in [6.07, 6.45) is 0.246. The van der Waals surface area contributed by atoms with Crippen molar-refractivity contribution in [1.82, 2.24) is 0 Å². The number of aliphatic hydroxyl groups is 1. The Hall–Kier alpha value is -1.15. The molecule has 0 aliphatic heterocycles. The van der Waals surface area contributed by atoms with Crippen LogP contribution in [0.4, 0.5) is 0 Å². The van der Waals surface area contributed by atoms with E-state index in [1.165, 1.54) is 0 Å². The fourth-order valence-electron chi connectivity index (χ4n) is 0.902. The topological polar surface area (TPSA) is 37.3 Å². The quantitative estimate of drug-likeness (QED) is 0.659. The first-order valence-corrected chi connectivity index (χ1v) is 3.51. The van der Waals surface area contributed by atoms with Crippen molar-refractivity contribution in [1.29, 1.82) is 0 Å². The van der Waals surface area contributed by atoms with E-state index < -0.39 is 6.10 Å². The van der Waals surface area contributed by atoms with Gasteiger partial charge >= 0.3 is 0 Å². The number of benzene rings is 1. The molecule has 0 amide bonds. The first-order valence-electron chi connectivity index (χ1n) is 3.51. The van der Waals surface area contributed by atoms with Gasteiger partial charge < -0.3 is 9.90 Å². The van der Waals surface area contributed by atoms with Gasteiger partial charge in [0.15, 0.2) is 0 Å². The maximum atomic E-state index is 10.0. The standard InChI is InChI=1S/C9H10O2/c10-7-6-9(11)8-4-2-1-3-5-8/h1-5,7,9,11H,6H2/t9-/m0/s1. The zero-order valence-corrected chi connectivity index (χ0v) is 6.10. The van der Waals surface area contributed by atoms with Gasteiger partial charge in [0, 0.05) is 6.42 Å². The van der Waals surface area contributed by atoms with Gasteiger partial charge in [0.05, 0.1) is 6.10 Å². The normalized spacial score (nSPS) is 12.5. The maximum Gasteiger partial charge on any atom is 0.122 e. The molecule has 2 heteroatoms. The van der Waals surface area contributed by atoms with Crippen molar-refractivity contribution in [3.8, 4) is 0 Å². The van der Waals surface area contributed by atoms with E-state index in [9.17, 15) is 9.90 Å². The molecular weight excluding hydrogens is 140 g/mol. The highest BCUT2D eigenvalue weighted by Gasteiger charge is 2.03. The molecule has 0 radical (unpaired) electrons. The highest BCUT2D eigenvalue weighted by molar-refractivity contribution is 5.50. The minimum atomic E-state index is -0.645. The van der Waals surface area contributed by atoms with E-state index in [4.69, 9.17) is 0 Å². The molecule has 0 saturated heterocycles. The molecule has 0 aliphatic rings. The zero-order valence-electron chi connectivity index (χ0n) is 6.10. The van der Waals surface area contributed by atoms with Crippen molar-refractivity contribution in [3.63, 3.8) is 0 Å². The van der Waals surface area contributed by atoms with E-state index in [2.05, 4.69) is 0 Å². The molecule has 0 fully saturated rings. The highest BCUT2D eigenvalue weighted by Crippen LogP contribution is 2.13. The van der Waals surface area contributed by atoms with E-state index in [1.54, 1.807) is 12.1 Å². The molecule has 1 rings (SSSR count). The third kappa shape index (κ3) is 2.16. The van der Waals surface area contributed by atoms with Crippen LogP contribution in [0, 0.1) is 0 Å². The summed E-state index contributed by atoms with van der Waals surface area (Å²) in [6.45, 7) is 0. The summed E-state index contributed by atoms with van der Waals surface area (Å²) in [5, 5.41) is 9.29. The Balaban J connectivity index is 2.68. The van der Waals surface area contributed by atoms with Crippen LogP contribution < -0.4 is 0 Å². The van der Waals surface area contributed by atoms with Gasteiger partial charge in [-0.25, -0.2) is 0 Å². The number of aliphatic hydroxyl groups excluding tert-OH is 1. The second-order valence-electron chi connectivity index (χ2n) is 2.33. The monoisotopic (exact) mass is 150 g/mol. The van der Waals surface area contributed by atoms with Crippen molar-refractivity contribution in [3.05, 3.63) is 35.9 Å². The molecule has 1 aromatic carbocycles. The lowest BCUT2D eigenvalue weighted by Gasteiger charge is -2.05. The number of aldehydes is 1. The Morgan fingerprint density at radius 1 is 1.36 bits per heavy atom. The van der Waals surface area contributed by atoms with E-state index in [1.807, 2.05) is 18.2 Å². The van der Waals surface area contributed by atoms with Crippen molar-refractivity contribution < 1.29 is 9.90 Å². The van der Waals surface area contributed by atoms with Crippen LogP contribution in [0.2, 0.25) is 0 Å². The molecule has 58 valence electrons. The number of hydrogen-bond acceptors (Lipinski definition) is 2. The van der Waals surface area contributed by atoms with Crippen LogP contribution >= 0.6 is 0 Å². The average molecular weight is 150 g/mol. The molecule has 0 aliphatic carbocycles. The Morgan fingerprint density at radius 3 is 2.55 bits per heavy atom. The SMILES string of the molecule is O=CC[C@H](O)c1ccccc1. The molecule has 1 N–H and O–H groups in total. The molecule has 1 atom stereocenters. The van der Waals surface area contributed by atoms with Crippen molar-refractivity contribution in [2.45, 2.75) is 12.5 Å². The Bertz CT molecular complexity index is 218. The van der Waals surface area contributed by atoms with Gasteiger partial charge in [-0.1, -0.05) is 30.3 Å². The summed E-state index contributed by atoms with van der Waals surface area (Å²) in [4.78, 5) is 10.0. The summed E-state index contributed by atoms with van der Waals surface area (Å²) in [7, 11) is 0. The number of hydrogen-bond donors (Lipinski definition) is 1. The number of carbonyl (C=O) groups is 1. The van der Waals surface area contributed by atoms with Crippen molar-refractivity contribution in [2.75, 3.05) is 0 Å². The van der Waals surface area contributed by atoms with Gasteiger partial charge in [-0.05, 0) is 5.56 Å². The van der Waals surface area contributed by atoms with E-state index >= 15 is 0 Å². The van der Waals surface area contributed by atoms with Gasteiger partial charge in [0.25, 0.3) is 0 Å². The van der Waals surface area contributed by atoms with E-state index in [0.29, 0.717) is 0 Å². The minimum Gasteiger partial charge on any atom is -0.388 e. The summed E-state index contributed by atoms with van der Waals surface area (Å²) in [6, 6.07) is 9.15. The Morgan fingerprint density at radius 2 is 2.00 bits per heavy atom. The molecule has 0 aromatic heterocycles. The van der Waals surface area contributed by atoms with Gasteiger partial charge in [0.1, 0.15) is 6.29 Å². The van der Waals surface area contributed by atoms with Gasteiger partial charge in [0.2, 0.25) is 0 Å². The second-order valence-corrected chi connectivity index (χ2v) is 2.33. The maximum absolute atomic E-state index is 10.0. The van der Waals surface area contributed by atoms with Crippen molar-refractivity contribution in [2.24, 2.45) is 0 Å². The first-order chi connectivity index (χ1) is 5.34. The predicted molar refractivity (Wildman–Crippen MR) is 42.1 cm³/mol. The number of carbonyl (C=O) groups excluding carboxylic acids is 1. The summed E-state index contributed by atoms with van der Waals surface area (Å²) in [5.41, 5.74) is 0.791. The zero-order chi connectivity index (χ0) is 8.10. The Kier molecular flexibility index (Phi) is 2.81. The summed E-state index contributed by atoms with van der Waals surface area (Å²) in [5.74, 6) is 0. The molecule has 0 bridgehead atoms. The molecule has 11 heavy (non-hydrogen) atoms. The second kappa shape index (κ2) is 3.88. The summed E-state index contributed by atoms with van der Waals surface area (Å²) >= 11 is 0. The van der Waals surface area contributed by atoms with E-state index in [0.717, 1.165) is 11.8 Å². The molecule has 1 aromatic rings. The molecule has 2 nitrogen and oxygen atoms in total. The lowest BCUT2D eigenvalue weighted by atomic mass is 10.1. The molecule has 0 spiro atoms. The van der Waals surface area contributed by atoms with Crippen molar-refractivity contribution >= 4 is 6.29 Å². The van der Waals surface area contributed by atoms with Gasteiger partial charge in [-0.3, -0.25) is 0 Å². The fraction of sp³-hybridized carbons (Fsp3) is 0.222. The summed E-state index contributed by atoms with van der Waals surface area (Å²) < 4.78 is 0. The third-order valence-electron chi connectivity index (χ3n) is 1.50. The largest absolute Gasteiger partial charge is 0.388 e. The van der Waals surface area contributed by atoms with E-state index in [-0.39, 0.29) is 6.42 Å². The average Bonchev–Trinajstić information content (AvgIpc) is 2.07. The molecular formula is C9H10O2. The predicted octanol–water partition coefficient (Wildman–Crippen LogP) is 1.31. The van der Waals surface area contributed by atoms with Gasteiger partial charge in [-0.2, -0.15) is 0 Å². The Labute approximate surface area is 65.5 Å².